The number of hydrogen-bond donors (Lipinski definition) is 9. The average Bonchev–Trinajstić information content (AvgIpc) is 1.06. The molecule has 0 aliphatic heterocycles. The summed E-state index contributed by atoms with van der Waals surface area (Å²) in [6.07, 6.45) is 12.4. The zero-order valence-corrected chi connectivity index (χ0v) is 63.7. The van der Waals surface area contributed by atoms with E-state index in [4.69, 9.17) is 32.3 Å². The number of carbonyl (C=O) groups is 4. The fraction of sp³-hybridized carbons (Fsp3) is 0.0345. The van der Waals surface area contributed by atoms with Gasteiger partial charge in [0, 0.05) is 118 Å². The van der Waals surface area contributed by atoms with Crippen molar-refractivity contribution in [2.24, 2.45) is 5.14 Å². The lowest BCUT2D eigenvalue weighted by atomic mass is 10.1. The number of methoxy groups -OCH3 is 2. The number of aromatic hydroxyl groups is 1. The predicted molar refractivity (Wildman–Crippen MR) is 446 cm³/mol. The fourth-order valence-electron chi connectivity index (χ4n) is 11.2. The van der Waals surface area contributed by atoms with Crippen LogP contribution in [-0.4, -0.2) is 98.3 Å². The van der Waals surface area contributed by atoms with Gasteiger partial charge in [-0.3, -0.25) is 19.2 Å². The smallest absolute Gasteiger partial charge is 0.293 e. The van der Waals surface area contributed by atoms with E-state index in [2.05, 4.69) is 77.1 Å². The number of phenolic OH excluding ortho intramolecular Hbond substituents is 1. The normalized spacial score (nSPS) is 10.6. The first-order chi connectivity index (χ1) is 57.4. The zero-order chi connectivity index (χ0) is 82.2. The molecule has 16 aromatic rings. The van der Waals surface area contributed by atoms with Gasteiger partial charge in [-0.1, -0.05) is 72.8 Å². The van der Waals surface area contributed by atoms with Gasteiger partial charge in [-0.25, -0.2) is 53.4 Å². The lowest BCUT2D eigenvalue weighted by Gasteiger charge is -2.17. The van der Waals surface area contributed by atoms with E-state index in [1.54, 1.807) is 178 Å². The molecule has 0 radical (unpaired) electrons. The van der Waals surface area contributed by atoms with E-state index >= 15 is 0 Å². The van der Waals surface area contributed by atoms with Crippen LogP contribution in [0.2, 0.25) is 0 Å². The maximum absolute atomic E-state index is 12.5. The van der Waals surface area contributed by atoms with E-state index in [9.17, 15) is 32.7 Å². The van der Waals surface area contributed by atoms with Gasteiger partial charge >= 0.3 is 0 Å². The molecule has 31 heteroatoms. The molecule has 118 heavy (non-hydrogen) atoms. The first-order valence-electron chi connectivity index (χ1n) is 35.8. The minimum atomic E-state index is -3.82. The number of amides is 4. The highest BCUT2D eigenvalue weighted by atomic mass is 32.2. The first-order valence-corrected chi connectivity index (χ1v) is 37.3. The van der Waals surface area contributed by atoms with E-state index in [1.807, 2.05) is 127 Å². The molecular weight excluding hydrogens is 1520 g/mol. The molecule has 8 aromatic carbocycles. The second-order valence-corrected chi connectivity index (χ2v) is 26.6. The number of nitrogens with zero attached hydrogens (tertiary/aromatic N) is 9. The third kappa shape index (κ3) is 22.0. The quantitative estimate of drug-likeness (QED) is 0.0287. The van der Waals surface area contributed by atoms with Crippen molar-refractivity contribution in [3.8, 4) is 62.3 Å². The lowest BCUT2D eigenvalue weighted by molar-refractivity contribution is 0.0963. The molecule has 8 aromatic heterocycles. The monoisotopic (exact) mass is 1590 g/mol. The average molecular weight is 1590 g/mol. The SMILES string of the molecule is COc1cccc(Nc2nccc(-c3cccc(N(C)C(=O)c4ccco4)c3)n2)c1.COc1cccc(Nc2nccc(-c3cccc(NC(=O)c4ccco4)c3)n2)c1.NS(=O)(=O)c1cccc(Nc2nccc(-c3cccc(NC(=O)c4ccco4)c3)n2)c1.O=C(Nc1cccc(-c2ccnc(Nc3cccc(O)c3)n2)c1)c1ccco1. The number of phenols is 1. The number of carbonyl (C=O) groups excluding carboxylic acids is 4. The van der Waals surface area contributed by atoms with Crippen LogP contribution in [0.25, 0.3) is 45.0 Å². The Labute approximate surface area is 674 Å². The number of furan rings is 4. The predicted octanol–water partition coefficient (Wildman–Crippen LogP) is 17.3. The van der Waals surface area contributed by atoms with Gasteiger partial charge in [-0.05, 0) is 176 Å². The second-order valence-electron chi connectivity index (χ2n) is 25.1. The Morgan fingerprint density at radius 3 is 1.04 bits per heavy atom. The molecule has 0 atom stereocenters. The topological polar surface area (TPSA) is 410 Å². The Morgan fingerprint density at radius 2 is 0.686 bits per heavy atom. The Balaban J connectivity index is 0.000000136. The summed E-state index contributed by atoms with van der Waals surface area (Å²) in [6.45, 7) is 0. The number of rotatable bonds is 23. The summed E-state index contributed by atoms with van der Waals surface area (Å²) in [4.78, 5) is 85.7. The molecule has 0 aliphatic rings. The number of nitrogens with two attached hydrogens (primary N) is 1. The van der Waals surface area contributed by atoms with Crippen LogP contribution in [0.3, 0.4) is 0 Å². The molecule has 30 nitrogen and oxygen atoms in total. The molecule has 16 rings (SSSR count). The van der Waals surface area contributed by atoms with Gasteiger partial charge in [0.05, 0.1) is 66.9 Å². The zero-order valence-electron chi connectivity index (χ0n) is 62.9. The number of hydrogen-bond acceptors (Lipinski definition) is 25. The molecule has 0 saturated carbocycles. The third-order valence-electron chi connectivity index (χ3n) is 16.8. The fourth-order valence-corrected chi connectivity index (χ4v) is 11.8. The number of primary sulfonamides is 1. The van der Waals surface area contributed by atoms with E-state index in [0.717, 1.165) is 62.2 Å². The van der Waals surface area contributed by atoms with Crippen molar-refractivity contribution in [3.05, 3.63) is 340 Å². The Kier molecular flexibility index (Phi) is 25.8. The summed E-state index contributed by atoms with van der Waals surface area (Å²) in [7, 11) is 1.13. The van der Waals surface area contributed by atoms with E-state index in [1.165, 1.54) is 37.2 Å². The summed E-state index contributed by atoms with van der Waals surface area (Å²) in [5, 5.41) is 35.5. The molecular formula is C87H71N17O13S. The van der Waals surface area contributed by atoms with E-state index in [-0.39, 0.29) is 63.3 Å². The second kappa shape index (κ2) is 38.2. The summed E-state index contributed by atoms with van der Waals surface area (Å²) in [5.74, 6) is 3.01. The molecule has 0 aliphatic carbocycles. The molecule has 10 N–H and O–H groups in total. The Bertz CT molecular complexity index is 6240. The van der Waals surface area contributed by atoms with Gasteiger partial charge < -0.3 is 74.4 Å². The van der Waals surface area contributed by atoms with Crippen LogP contribution in [0.5, 0.6) is 17.2 Å². The highest BCUT2D eigenvalue weighted by molar-refractivity contribution is 7.89. The molecule has 8 heterocycles. The standard InChI is InChI=1S/C23H20N4O3.C22H18N4O3.C21H17N5O4S.C21H16N4O3/c1-27(22(28)21-10-5-13-30-21)18-8-3-6-16(14-18)20-11-12-24-23(26-20)25-17-7-4-9-19(15-17)29-2;1-28-18-8-3-7-17(14-18)25-22-23-11-10-19(26-22)15-5-2-6-16(13-15)24-21(27)20-9-4-12-29-20;22-31(28,29)17-7-2-6-16(13-17)25-21-23-10-9-18(26-21)14-4-1-5-15(12-14)24-20(27)19-8-3-11-30-19;26-17-7-2-6-16(13-17)24-21-22-10-9-18(25-21)14-4-1-5-15(12-14)23-20(27)19-8-3-11-28-19/h3-15H,1-2H3,(H,24,25,26);2-14H,1H3,(H,24,27)(H,23,25,26);1-13H,(H,24,27)(H2,22,28,29)(H,23,25,26);1-13,26H,(H,23,27)(H,22,24,25). The summed E-state index contributed by atoms with van der Waals surface area (Å²) in [6, 6.07) is 77.5. The molecule has 4 amide bonds. The van der Waals surface area contributed by atoms with E-state index in [0.29, 0.717) is 57.7 Å². The first kappa shape index (κ1) is 79.7. The minimum Gasteiger partial charge on any atom is -0.508 e. The maximum atomic E-state index is 12.5. The molecule has 0 bridgehead atoms. The van der Waals surface area contributed by atoms with Crippen LogP contribution >= 0.6 is 0 Å². The van der Waals surface area contributed by atoms with Crippen LogP contribution in [0, 0.1) is 0 Å². The largest absolute Gasteiger partial charge is 0.508 e. The maximum Gasteiger partial charge on any atom is 0.293 e. The van der Waals surface area contributed by atoms with E-state index < -0.39 is 10.0 Å². The van der Waals surface area contributed by atoms with Gasteiger partial charge in [0.25, 0.3) is 23.6 Å². The number of aromatic nitrogens is 8. The van der Waals surface area contributed by atoms with Crippen LogP contribution in [0.1, 0.15) is 42.2 Å². The van der Waals surface area contributed by atoms with Crippen LogP contribution in [0.15, 0.2) is 339 Å². The summed E-state index contributed by atoms with van der Waals surface area (Å²) < 4.78 is 54.1. The van der Waals surface area contributed by atoms with Crippen molar-refractivity contribution >= 4 is 103 Å². The van der Waals surface area contributed by atoms with Crippen molar-refractivity contribution < 1.29 is 59.8 Å². The summed E-state index contributed by atoms with van der Waals surface area (Å²) in [5.41, 5.74) is 11.4. The highest BCUT2D eigenvalue weighted by Gasteiger charge is 2.19. The van der Waals surface area contributed by atoms with Crippen LogP contribution in [-0.2, 0) is 10.0 Å². The molecule has 0 fully saturated rings. The Hall–Kier alpha value is -16.4. The van der Waals surface area contributed by atoms with Gasteiger partial charge in [-0.15, -0.1) is 0 Å². The van der Waals surface area contributed by atoms with Crippen molar-refractivity contribution in [1.29, 1.82) is 0 Å². The van der Waals surface area contributed by atoms with Gasteiger partial charge in [0.15, 0.2) is 23.0 Å². The molecule has 588 valence electrons. The van der Waals surface area contributed by atoms with Gasteiger partial charge in [0.1, 0.15) is 17.2 Å². The molecule has 0 spiro atoms. The van der Waals surface area contributed by atoms with Crippen molar-refractivity contribution in [3.63, 3.8) is 0 Å². The lowest BCUT2D eigenvalue weighted by Crippen LogP contribution is -2.25. The van der Waals surface area contributed by atoms with Crippen LogP contribution < -0.4 is 56.7 Å². The molecule has 0 saturated heterocycles. The van der Waals surface area contributed by atoms with Crippen molar-refractivity contribution in [2.45, 2.75) is 4.90 Å². The number of nitrogens with one attached hydrogen (secondary N) is 7. The number of anilines is 12. The molecule has 0 unspecified atom stereocenters. The minimum absolute atomic E-state index is 0.0198. The highest BCUT2D eigenvalue weighted by Crippen LogP contribution is 2.31. The van der Waals surface area contributed by atoms with Crippen molar-refractivity contribution in [2.75, 3.05) is 63.4 Å². The van der Waals surface area contributed by atoms with Gasteiger partial charge in [-0.2, -0.15) is 0 Å². The van der Waals surface area contributed by atoms with Crippen molar-refractivity contribution in [1.82, 2.24) is 39.9 Å². The third-order valence-corrected chi connectivity index (χ3v) is 17.8. The number of ether oxygens (including phenoxy) is 2. The summed E-state index contributed by atoms with van der Waals surface area (Å²) >= 11 is 0. The van der Waals surface area contributed by atoms with Crippen LogP contribution in [0.4, 0.5) is 69.3 Å². The number of sulfonamides is 1. The number of benzene rings is 8. The Morgan fingerprint density at radius 1 is 0.364 bits per heavy atom. The van der Waals surface area contributed by atoms with Gasteiger partial charge in [0.2, 0.25) is 33.8 Å².